The van der Waals surface area contributed by atoms with E-state index in [0.29, 0.717) is 6.10 Å². The van der Waals surface area contributed by atoms with Crippen LogP contribution in [0.25, 0.3) is 0 Å². The summed E-state index contributed by atoms with van der Waals surface area (Å²) >= 11 is 2.01. The fourth-order valence-corrected chi connectivity index (χ4v) is 3.90. The number of nitrogens with one attached hydrogen (secondary N) is 1. The van der Waals surface area contributed by atoms with E-state index in [1.165, 1.54) is 26.1 Å². The third-order valence-electron chi connectivity index (χ3n) is 3.80. The second-order valence-electron chi connectivity index (χ2n) is 4.54. The van der Waals surface area contributed by atoms with Gasteiger partial charge in [0.2, 0.25) is 0 Å². The van der Waals surface area contributed by atoms with Gasteiger partial charge in [0.25, 0.3) is 0 Å². The Morgan fingerprint density at radius 3 is 3.00 bits per heavy atom. The van der Waals surface area contributed by atoms with Crippen LogP contribution >= 0.6 is 11.8 Å². The molecule has 3 nitrogen and oxygen atoms in total. The Balaban J connectivity index is 1.70. The van der Waals surface area contributed by atoms with Crippen molar-refractivity contribution in [2.75, 3.05) is 32.5 Å². The molecule has 2 bridgehead atoms. The van der Waals surface area contributed by atoms with E-state index in [1.807, 2.05) is 11.8 Å². The van der Waals surface area contributed by atoms with E-state index in [9.17, 15) is 0 Å². The summed E-state index contributed by atoms with van der Waals surface area (Å²) in [6.07, 6.45) is 4.05. The number of hydrogen-bond acceptors (Lipinski definition) is 4. The van der Waals surface area contributed by atoms with Crippen molar-refractivity contribution >= 4 is 11.8 Å². The summed E-state index contributed by atoms with van der Waals surface area (Å²) in [7, 11) is 0. The molecule has 0 amide bonds. The number of ether oxygens (including phenoxy) is 1. The molecule has 0 radical (unpaired) electrons. The largest absolute Gasteiger partial charge is 0.375 e. The Hall–Kier alpha value is 0.230. The molecule has 4 unspecified atom stereocenters. The summed E-state index contributed by atoms with van der Waals surface area (Å²) in [5.74, 6) is 0. The molecule has 3 heterocycles. The molecule has 0 saturated carbocycles. The second-order valence-corrected chi connectivity index (χ2v) is 5.62. The summed E-state index contributed by atoms with van der Waals surface area (Å²) < 4.78 is 5.64. The molecule has 1 N–H and O–H groups in total. The fourth-order valence-electron chi connectivity index (χ4n) is 3.05. The second kappa shape index (κ2) is 3.67. The lowest BCUT2D eigenvalue weighted by Gasteiger charge is -2.34. The highest BCUT2D eigenvalue weighted by Gasteiger charge is 2.45. The van der Waals surface area contributed by atoms with E-state index in [2.05, 4.69) is 16.5 Å². The molecule has 80 valence electrons. The normalized spacial score (nSPS) is 47.8. The number of rotatable bonds is 2. The minimum Gasteiger partial charge on any atom is -0.375 e. The zero-order valence-electron chi connectivity index (χ0n) is 8.61. The summed E-state index contributed by atoms with van der Waals surface area (Å²) in [5.41, 5.74) is 0. The summed E-state index contributed by atoms with van der Waals surface area (Å²) in [6.45, 7) is 4.51. The first-order valence-corrected chi connectivity index (χ1v) is 6.78. The highest BCUT2D eigenvalue weighted by molar-refractivity contribution is 7.99. The Labute approximate surface area is 89.6 Å². The maximum atomic E-state index is 5.64. The van der Waals surface area contributed by atoms with Gasteiger partial charge < -0.3 is 10.1 Å². The Kier molecular flexibility index (Phi) is 2.48. The van der Waals surface area contributed by atoms with Gasteiger partial charge in [-0.05, 0) is 12.7 Å². The van der Waals surface area contributed by atoms with Gasteiger partial charge in [0.05, 0.1) is 12.7 Å². The van der Waals surface area contributed by atoms with Crippen LogP contribution < -0.4 is 5.32 Å². The van der Waals surface area contributed by atoms with Gasteiger partial charge in [0.15, 0.2) is 0 Å². The van der Waals surface area contributed by atoms with Crippen molar-refractivity contribution in [1.29, 1.82) is 0 Å². The predicted octanol–water partition coefficient (Wildman–Crippen LogP) is 0.163. The third-order valence-corrected chi connectivity index (χ3v) is 4.89. The number of likely N-dealkylation sites (tertiary alicyclic amines) is 1. The Morgan fingerprint density at radius 1 is 1.43 bits per heavy atom. The molecule has 4 atom stereocenters. The molecule has 14 heavy (non-hydrogen) atoms. The van der Waals surface area contributed by atoms with Crippen LogP contribution in [0.3, 0.4) is 0 Å². The van der Waals surface area contributed by atoms with E-state index in [-0.39, 0.29) is 0 Å². The van der Waals surface area contributed by atoms with Gasteiger partial charge in [-0.3, -0.25) is 4.90 Å². The molecular weight excluding hydrogens is 196 g/mol. The molecule has 3 aliphatic rings. The molecule has 0 aromatic heterocycles. The highest BCUT2D eigenvalue weighted by atomic mass is 32.2. The van der Waals surface area contributed by atoms with E-state index in [0.717, 1.165) is 23.9 Å². The number of thioether (sulfide) groups is 1. The lowest BCUT2D eigenvalue weighted by molar-refractivity contribution is 0.0158. The van der Waals surface area contributed by atoms with Crippen molar-refractivity contribution < 1.29 is 4.74 Å². The van der Waals surface area contributed by atoms with Crippen LogP contribution in [0, 0.1) is 0 Å². The van der Waals surface area contributed by atoms with Crippen LogP contribution in [0.2, 0.25) is 0 Å². The van der Waals surface area contributed by atoms with Crippen LogP contribution in [-0.2, 0) is 4.74 Å². The lowest BCUT2D eigenvalue weighted by Crippen LogP contribution is -2.48. The zero-order chi connectivity index (χ0) is 9.54. The number of fused-ring (bicyclic) bond motifs is 2. The van der Waals surface area contributed by atoms with Gasteiger partial charge in [-0.2, -0.15) is 11.8 Å². The van der Waals surface area contributed by atoms with Crippen molar-refractivity contribution in [3.63, 3.8) is 0 Å². The quantitative estimate of drug-likeness (QED) is 0.708. The molecule has 0 spiro atoms. The van der Waals surface area contributed by atoms with Gasteiger partial charge in [0, 0.05) is 37.0 Å². The van der Waals surface area contributed by atoms with Gasteiger partial charge in [0.1, 0.15) is 0 Å². The lowest BCUT2D eigenvalue weighted by atomic mass is 10.2. The van der Waals surface area contributed by atoms with Crippen LogP contribution in [0.15, 0.2) is 0 Å². The van der Waals surface area contributed by atoms with Crippen molar-refractivity contribution in [2.24, 2.45) is 0 Å². The maximum absolute atomic E-state index is 5.64. The van der Waals surface area contributed by atoms with E-state index < -0.39 is 0 Å². The third kappa shape index (κ3) is 1.40. The van der Waals surface area contributed by atoms with Gasteiger partial charge >= 0.3 is 0 Å². The standard InChI is InChI=1S/C10H18N2OS/c1-14-10-4-11-3-9(10)12-5-8-2-7(12)6-13-8/h7-11H,2-6H2,1H3. The summed E-state index contributed by atoms with van der Waals surface area (Å²) in [6, 6.07) is 1.48. The monoisotopic (exact) mass is 214 g/mol. The van der Waals surface area contributed by atoms with Crippen LogP contribution in [0.4, 0.5) is 0 Å². The van der Waals surface area contributed by atoms with Crippen molar-refractivity contribution in [3.05, 3.63) is 0 Å². The van der Waals surface area contributed by atoms with E-state index >= 15 is 0 Å². The SMILES string of the molecule is CSC1CNCC1N1CC2CC1CO2. The van der Waals surface area contributed by atoms with Crippen LogP contribution in [-0.4, -0.2) is 60.8 Å². The average Bonchev–Trinajstić information content (AvgIpc) is 2.92. The molecule has 3 fully saturated rings. The molecule has 3 rings (SSSR count). The van der Waals surface area contributed by atoms with Gasteiger partial charge in [-0.15, -0.1) is 0 Å². The minimum atomic E-state index is 0.545. The summed E-state index contributed by atoms with van der Waals surface area (Å²) in [5, 5.41) is 4.29. The van der Waals surface area contributed by atoms with Crippen LogP contribution in [0.5, 0.6) is 0 Å². The first kappa shape index (κ1) is 9.46. The van der Waals surface area contributed by atoms with E-state index in [4.69, 9.17) is 4.74 Å². The first-order valence-electron chi connectivity index (χ1n) is 5.49. The van der Waals surface area contributed by atoms with Gasteiger partial charge in [-0.1, -0.05) is 0 Å². The van der Waals surface area contributed by atoms with Crippen molar-refractivity contribution in [1.82, 2.24) is 10.2 Å². The number of hydrogen-bond donors (Lipinski definition) is 1. The average molecular weight is 214 g/mol. The molecule has 0 aliphatic carbocycles. The number of nitrogens with zero attached hydrogens (tertiary/aromatic N) is 1. The molecule has 0 aromatic rings. The van der Waals surface area contributed by atoms with Crippen molar-refractivity contribution in [3.8, 4) is 0 Å². The summed E-state index contributed by atoms with van der Waals surface area (Å²) in [4.78, 5) is 2.69. The maximum Gasteiger partial charge on any atom is 0.0718 e. The molecule has 4 heteroatoms. The smallest absolute Gasteiger partial charge is 0.0718 e. The predicted molar refractivity (Wildman–Crippen MR) is 58.8 cm³/mol. The zero-order valence-corrected chi connectivity index (χ0v) is 9.43. The minimum absolute atomic E-state index is 0.545. The highest BCUT2D eigenvalue weighted by Crippen LogP contribution is 2.33. The fraction of sp³-hybridized carbons (Fsp3) is 1.00. The molecule has 3 aliphatic heterocycles. The van der Waals surface area contributed by atoms with Crippen LogP contribution in [0.1, 0.15) is 6.42 Å². The Bertz CT molecular complexity index is 222. The van der Waals surface area contributed by atoms with E-state index in [1.54, 1.807) is 0 Å². The number of morpholine rings is 1. The topological polar surface area (TPSA) is 24.5 Å². The molecular formula is C10H18N2OS. The van der Waals surface area contributed by atoms with Gasteiger partial charge in [-0.25, -0.2) is 0 Å². The molecule has 3 saturated heterocycles. The Morgan fingerprint density at radius 2 is 2.36 bits per heavy atom. The first-order chi connectivity index (χ1) is 6.88. The molecule has 0 aromatic carbocycles. The van der Waals surface area contributed by atoms with Crippen molar-refractivity contribution in [2.45, 2.75) is 29.9 Å².